The Morgan fingerprint density at radius 3 is 2.52 bits per heavy atom. The molecule has 0 spiro atoms. The number of nitrogens with zero attached hydrogens (tertiary/aromatic N) is 2. The van der Waals surface area contributed by atoms with Gasteiger partial charge in [-0.2, -0.15) is 0 Å². The van der Waals surface area contributed by atoms with Crippen LogP contribution in [0.4, 0.5) is 5.69 Å². The minimum absolute atomic E-state index is 0.0257. The third kappa shape index (κ3) is 4.08. The summed E-state index contributed by atoms with van der Waals surface area (Å²) in [7, 11) is 0. The van der Waals surface area contributed by atoms with Crippen LogP contribution in [0.5, 0.6) is 11.5 Å². The second-order valence-electron chi connectivity index (χ2n) is 7.52. The van der Waals surface area contributed by atoms with Crippen molar-refractivity contribution in [3.05, 3.63) is 98.2 Å². The van der Waals surface area contributed by atoms with Crippen LogP contribution in [-0.2, 0) is 17.9 Å². The van der Waals surface area contributed by atoms with Gasteiger partial charge in [-0.05, 0) is 54.1 Å². The summed E-state index contributed by atoms with van der Waals surface area (Å²) in [5.74, 6) is 0.766. The molecule has 33 heavy (non-hydrogen) atoms. The van der Waals surface area contributed by atoms with Crippen LogP contribution in [0.15, 0.2) is 76.3 Å². The molecule has 166 valence electrons. The first-order valence-corrected chi connectivity index (χ1v) is 10.5. The lowest BCUT2D eigenvalue weighted by Crippen LogP contribution is -2.42. The van der Waals surface area contributed by atoms with E-state index in [1.54, 1.807) is 66.7 Å². The van der Waals surface area contributed by atoms with E-state index >= 15 is 0 Å². The Labute approximate surface area is 192 Å². The lowest BCUT2D eigenvalue weighted by Gasteiger charge is -2.14. The maximum Gasteiger partial charge on any atom is 0.332 e. The number of halogens is 1. The average molecular weight is 464 g/mol. The number of rotatable bonds is 5. The monoisotopic (exact) mass is 463 g/mol. The molecular weight excluding hydrogens is 446 g/mol. The molecule has 1 amide bonds. The number of carbonyl (C=O) groups is 1. The van der Waals surface area contributed by atoms with Gasteiger partial charge in [0.1, 0.15) is 6.54 Å². The molecule has 0 radical (unpaired) electrons. The van der Waals surface area contributed by atoms with Crippen molar-refractivity contribution in [3.63, 3.8) is 0 Å². The molecule has 0 unspecified atom stereocenters. The standard InChI is InChI=1S/C24H18ClN3O5/c25-16-6-8-17(9-7-16)26-22(29)13-27-19-4-2-1-3-18(19)23(30)28(24(27)31)12-15-5-10-20-21(11-15)33-14-32-20/h1-11H,12-14H2,(H,26,29). The molecule has 5 rings (SSSR count). The van der Waals surface area contributed by atoms with Crippen molar-refractivity contribution >= 4 is 34.1 Å². The Hall–Kier alpha value is -4.04. The topological polar surface area (TPSA) is 91.6 Å². The summed E-state index contributed by atoms with van der Waals surface area (Å²) >= 11 is 5.89. The van der Waals surface area contributed by atoms with Gasteiger partial charge in [0.05, 0.1) is 17.4 Å². The van der Waals surface area contributed by atoms with E-state index in [0.717, 1.165) is 4.57 Å². The molecule has 0 fully saturated rings. The minimum Gasteiger partial charge on any atom is -0.454 e. The number of fused-ring (bicyclic) bond motifs is 2. The molecule has 3 aromatic carbocycles. The van der Waals surface area contributed by atoms with Gasteiger partial charge in [-0.25, -0.2) is 4.79 Å². The number of nitrogens with one attached hydrogen (secondary N) is 1. The van der Waals surface area contributed by atoms with Crippen molar-refractivity contribution in [2.45, 2.75) is 13.1 Å². The fraction of sp³-hybridized carbons (Fsp3) is 0.125. The fourth-order valence-corrected chi connectivity index (χ4v) is 3.89. The molecule has 0 aliphatic carbocycles. The molecule has 9 heteroatoms. The summed E-state index contributed by atoms with van der Waals surface area (Å²) in [6.07, 6.45) is 0. The van der Waals surface area contributed by atoms with Gasteiger partial charge in [-0.1, -0.05) is 29.8 Å². The highest BCUT2D eigenvalue weighted by atomic mass is 35.5. The van der Waals surface area contributed by atoms with Gasteiger partial charge >= 0.3 is 5.69 Å². The van der Waals surface area contributed by atoms with Gasteiger partial charge in [0.2, 0.25) is 12.7 Å². The Morgan fingerprint density at radius 1 is 0.939 bits per heavy atom. The average Bonchev–Trinajstić information content (AvgIpc) is 3.29. The Morgan fingerprint density at radius 2 is 1.70 bits per heavy atom. The van der Waals surface area contributed by atoms with Gasteiger partial charge in [0, 0.05) is 10.7 Å². The van der Waals surface area contributed by atoms with E-state index in [9.17, 15) is 14.4 Å². The van der Waals surface area contributed by atoms with Gasteiger partial charge in [-0.15, -0.1) is 0 Å². The van der Waals surface area contributed by atoms with Crippen LogP contribution in [0.1, 0.15) is 5.56 Å². The zero-order valence-corrected chi connectivity index (χ0v) is 18.0. The van der Waals surface area contributed by atoms with Crippen molar-refractivity contribution < 1.29 is 14.3 Å². The number of benzene rings is 3. The maximum absolute atomic E-state index is 13.3. The molecular formula is C24H18ClN3O5. The third-order valence-corrected chi connectivity index (χ3v) is 5.59. The van der Waals surface area contributed by atoms with E-state index in [-0.39, 0.29) is 19.9 Å². The van der Waals surface area contributed by atoms with Crippen molar-refractivity contribution in [3.8, 4) is 11.5 Å². The van der Waals surface area contributed by atoms with E-state index in [2.05, 4.69) is 5.32 Å². The van der Waals surface area contributed by atoms with Crippen LogP contribution in [0, 0.1) is 0 Å². The molecule has 4 aromatic rings. The Bertz CT molecular complexity index is 1490. The van der Waals surface area contributed by atoms with Crippen molar-refractivity contribution in [2.75, 3.05) is 12.1 Å². The normalized spacial score (nSPS) is 12.2. The number of carbonyl (C=O) groups excluding carboxylic acids is 1. The number of aromatic nitrogens is 2. The first-order chi connectivity index (χ1) is 16.0. The molecule has 0 atom stereocenters. The van der Waals surface area contributed by atoms with Crippen LogP contribution in [0.3, 0.4) is 0 Å². The first-order valence-electron chi connectivity index (χ1n) is 10.2. The van der Waals surface area contributed by atoms with Crippen molar-refractivity contribution in [2.24, 2.45) is 0 Å². The van der Waals surface area contributed by atoms with Gasteiger partial charge in [0.25, 0.3) is 5.56 Å². The quantitative estimate of drug-likeness (QED) is 0.490. The number of anilines is 1. The Balaban J connectivity index is 1.52. The van der Waals surface area contributed by atoms with Gasteiger partial charge in [-0.3, -0.25) is 18.7 Å². The number of para-hydroxylation sites is 1. The zero-order valence-electron chi connectivity index (χ0n) is 17.3. The second kappa shape index (κ2) is 8.48. The van der Waals surface area contributed by atoms with Crippen LogP contribution >= 0.6 is 11.6 Å². The molecule has 1 aromatic heterocycles. The summed E-state index contributed by atoms with van der Waals surface area (Å²) < 4.78 is 13.1. The van der Waals surface area contributed by atoms with E-state index in [4.69, 9.17) is 21.1 Å². The summed E-state index contributed by atoms with van der Waals surface area (Å²) in [6, 6.07) is 18.6. The fourth-order valence-electron chi connectivity index (χ4n) is 3.76. The third-order valence-electron chi connectivity index (χ3n) is 5.34. The molecule has 1 aliphatic rings. The van der Waals surface area contributed by atoms with E-state index in [1.165, 1.54) is 4.57 Å². The summed E-state index contributed by atoms with van der Waals surface area (Å²) in [6.45, 7) is -0.106. The van der Waals surface area contributed by atoms with Crippen molar-refractivity contribution in [1.82, 2.24) is 9.13 Å². The Kier molecular flexibility index (Phi) is 5.35. The second-order valence-corrected chi connectivity index (χ2v) is 7.96. The lowest BCUT2D eigenvalue weighted by atomic mass is 10.2. The number of amides is 1. The van der Waals surface area contributed by atoms with Gasteiger partial charge in [0.15, 0.2) is 11.5 Å². The van der Waals surface area contributed by atoms with Crippen LogP contribution < -0.4 is 26.0 Å². The molecule has 2 heterocycles. The number of hydrogen-bond acceptors (Lipinski definition) is 5. The highest BCUT2D eigenvalue weighted by Crippen LogP contribution is 2.32. The van der Waals surface area contributed by atoms with Crippen LogP contribution in [0.2, 0.25) is 5.02 Å². The largest absolute Gasteiger partial charge is 0.454 e. The SMILES string of the molecule is O=C(Cn1c(=O)n(Cc2ccc3c(c2)OCO3)c(=O)c2ccccc21)Nc1ccc(Cl)cc1. The summed E-state index contributed by atoms with van der Waals surface area (Å²) in [4.78, 5) is 39.2. The first kappa shape index (κ1) is 20.8. The molecule has 1 aliphatic heterocycles. The number of ether oxygens (including phenoxy) is 2. The summed E-state index contributed by atoms with van der Waals surface area (Å²) in [5, 5.41) is 3.64. The predicted octanol–water partition coefficient (Wildman–Crippen LogP) is 3.23. The van der Waals surface area contributed by atoms with E-state index < -0.39 is 17.2 Å². The molecule has 0 saturated heterocycles. The van der Waals surface area contributed by atoms with Crippen LogP contribution in [-0.4, -0.2) is 21.8 Å². The highest BCUT2D eigenvalue weighted by molar-refractivity contribution is 6.30. The van der Waals surface area contributed by atoms with E-state index in [1.807, 2.05) is 0 Å². The maximum atomic E-state index is 13.3. The minimum atomic E-state index is -0.581. The van der Waals surface area contributed by atoms with Gasteiger partial charge < -0.3 is 14.8 Å². The molecule has 8 nitrogen and oxygen atoms in total. The summed E-state index contributed by atoms with van der Waals surface area (Å²) in [5.41, 5.74) is 0.632. The molecule has 0 saturated carbocycles. The molecule has 1 N–H and O–H groups in total. The predicted molar refractivity (Wildman–Crippen MR) is 124 cm³/mol. The van der Waals surface area contributed by atoms with Crippen molar-refractivity contribution in [1.29, 1.82) is 0 Å². The lowest BCUT2D eigenvalue weighted by molar-refractivity contribution is -0.116. The van der Waals surface area contributed by atoms with Crippen LogP contribution in [0.25, 0.3) is 10.9 Å². The highest BCUT2D eigenvalue weighted by Gasteiger charge is 2.18. The zero-order chi connectivity index (χ0) is 22.9. The van der Waals surface area contributed by atoms with E-state index in [0.29, 0.717) is 38.7 Å². The smallest absolute Gasteiger partial charge is 0.332 e. The molecule has 0 bridgehead atoms. The number of hydrogen-bond donors (Lipinski definition) is 1.